The van der Waals surface area contributed by atoms with Crippen LogP contribution in [0.1, 0.15) is 61.5 Å². The summed E-state index contributed by atoms with van der Waals surface area (Å²) in [4.78, 5) is 32.7. The average Bonchev–Trinajstić information content (AvgIpc) is 3.22. The molecule has 204 valence electrons. The fourth-order valence-corrected chi connectivity index (χ4v) is 4.24. The molecule has 1 aliphatic rings. The van der Waals surface area contributed by atoms with Gasteiger partial charge in [-0.3, -0.25) is 14.4 Å². The molecule has 0 spiro atoms. The molecule has 2 atom stereocenters. The highest BCUT2D eigenvalue weighted by molar-refractivity contribution is 6.05. The number of hydrogen-bond donors (Lipinski definition) is 0. The standard InChI is InChI=1S/C23H27F6N5O3/c1-5-17-11-18(6-7-33(17)21(36)37-13(2)3)34(20-30-12-32(4)31-20)19(35)14-8-15(22(24,25)26)10-16(9-14)23(27,28)29/h8-10,12-13,17-18H,5-7,11H2,1-4H3/t17-,18-/m1/s1. The van der Waals surface area contributed by atoms with E-state index in [9.17, 15) is 35.9 Å². The van der Waals surface area contributed by atoms with Crippen LogP contribution in [0.3, 0.4) is 0 Å². The summed E-state index contributed by atoms with van der Waals surface area (Å²) in [5, 5.41) is 4.08. The van der Waals surface area contributed by atoms with E-state index in [0.29, 0.717) is 18.6 Å². The maximum Gasteiger partial charge on any atom is 0.416 e. The van der Waals surface area contributed by atoms with Gasteiger partial charge in [0.15, 0.2) is 0 Å². The molecule has 0 radical (unpaired) electrons. The molecule has 1 fully saturated rings. The van der Waals surface area contributed by atoms with E-state index in [1.807, 2.05) is 6.92 Å². The van der Waals surface area contributed by atoms with Gasteiger partial charge < -0.3 is 9.64 Å². The molecule has 0 aliphatic carbocycles. The van der Waals surface area contributed by atoms with Gasteiger partial charge in [-0.1, -0.05) is 6.92 Å². The summed E-state index contributed by atoms with van der Waals surface area (Å²) < 4.78 is 87.0. The van der Waals surface area contributed by atoms with E-state index < -0.39 is 53.1 Å². The van der Waals surface area contributed by atoms with Gasteiger partial charge in [-0.05, 0) is 51.3 Å². The normalized spacial score (nSPS) is 18.7. The number of piperidine rings is 1. The monoisotopic (exact) mass is 535 g/mol. The summed E-state index contributed by atoms with van der Waals surface area (Å²) in [6, 6.07) is -0.352. The Morgan fingerprint density at radius 2 is 1.70 bits per heavy atom. The minimum Gasteiger partial charge on any atom is -0.447 e. The quantitative estimate of drug-likeness (QED) is 0.487. The Kier molecular flexibility index (Phi) is 8.08. The van der Waals surface area contributed by atoms with Crippen LogP contribution in [0.5, 0.6) is 0 Å². The number of aryl methyl sites for hydroxylation is 1. The van der Waals surface area contributed by atoms with Gasteiger partial charge in [0.25, 0.3) is 11.9 Å². The Hall–Kier alpha value is -3.32. The summed E-state index contributed by atoms with van der Waals surface area (Å²) >= 11 is 0. The van der Waals surface area contributed by atoms with Crippen molar-refractivity contribution in [3.63, 3.8) is 0 Å². The van der Waals surface area contributed by atoms with Crippen molar-refractivity contribution < 1.29 is 40.7 Å². The van der Waals surface area contributed by atoms with Crippen molar-refractivity contribution in [2.45, 2.75) is 70.6 Å². The van der Waals surface area contributed by atoms with Crippen molar-refractivity contribution in [2.24, 2.45) is 7.05 Å². The van der Waals surface area contributed by atoms with Crippen molar-refractivity contribution in [1.82, 2.24) is 19.7 Å². The zero-order valence-electron chi connectivity index (χ0n) is 20.6. The van der Waals surface area contributed by atoms with Crippen LogP contribution in [0.4, 0.5) is 37.1 Å². The first-order valence-corrected chi connectivity index (χ1v) is 11.6. The fourth-order valence-electron chi connectivity index (χ4n) is 4.24. The molecule has 1 aromatic heterocycles. The molecule has 2 aromatic rings. The van der Waals surface area contributed by atoms with Crippen LogP contribution in [-0.2, 0) is 24.1 Å². The van der Waals surface area contributed by atoms with Crippen LogP contribution in [-0.4, -0.2) is 56.4 Å². The van der Waals surface area contributed by atoms with E-state index in [1.165, 1.54) is 23.0 Å². The second-order valence-electron chi connectivity index (χ2n) is 9.05. The third-order valence-corrected chi connectivity index (χ3v) is 5.95. The highest BCUT2D eigenvalue weighted by atomic mass is 19.4. The van der Waals surface area contributed by atoms with E-state index in [4.69, 9.17) is 4.74 Å². The molecule has 2 heterocycles. The van der Waals surface area contributed by atoms with E-state index >= 15 is 0 Å². The van der Waals surface area contributed by atoms with Crippen LogP contribution in [0, 0.1) is 0 Å². The third-order valence-electron chi connectivity index (χ3n) is 5.95. The van der Waals surface area contributed by atoms with Crippen LogP contribution in [0.25, 0.3) is 0 Å². The highest BCUT2D eigenvalue weighted by Crippen LogP contribution is 2.37. The fraction of sp³-hybridized carbons (Fsp3) is 0.565. The van der Waals surface area contributed by atoms with Gasteiger partial charge in [0.1, 0.15) is 6.33 Å². The van der Waals surface area contributed by atoms with Crippen molar-refractivity contribution in [3.8, 4) is 0 Å². The first-order valence-electron chi connectivity index (χ1n) is 11.6. The van der Waals surface area contributed by atoms with Crippen LogP contribution >= 0.6 is 0 Å². The SMILES string of the molecule is CC[C@@H]1C[C@H](N(C(=O)c2cc(C(F)(F)F)cc(C(F)(F)F)c2)c2ncn(C)n2)CCN1C(=O)OC(C)C. The number of aromatic nitrogens is 3. The number of ether oxygens (including phenoxy) is 1. The number of rotatable bonds is 5. The molecular weight excluding hydrogens is 508 g/mol. The molecule has 14 heteroatoms. The topological polar surface area (TPSA) is 80.6 Å². The zero-order chi connectivity index (χ0) is 27.7. The smallest absolute Gasteiger partial charge is 0.416 e. The lowest BCUT2D eigenvalue weighted by Crippen LogP contribution is -2.54. The minimum absolute atomic E-state index is 0.0356. The molecule has 0 N–H and O–H groups in total. The summed E-state index contributed by atoms with van der Waals surface area (Å²) in [6.45, 7) is 5.37. The van der Waals surface area contributed by atoms with Gasteiger partial charge in [0.05, 0.1) is 17.2 Å². The second-order valence-corrected chi connectivity index (χ2v) is 9.05. The molecule has 0 unspecified atom stereocenters. The molecule has 2 amide bonds. The van der Waals surface area contributed by atoms with Crippen LogP contribution in [0.2, 0.25) is 0 Å². The Balaban J connectivity index is 2.03. The second kappa shape index (κ2) is 10.6. The van der Waals surface area contributed by atoms with Crippen molar-refractivity contribution in [3.05, 3.63) is 41.2 Å². The number of benzene rings is 1. The predicted octanol–water partition coefficient (Wildman–Crippen LogP) is 5.29. The number of hydrogen-bond acceptors (Lipinski definition) is 5. The Labute approximate surface area is 209 Å². The lowest BCUT2D eigenvalue weighted by molar-refractivity contribution is -0.143. The lowest BCUT2D eigenvalue weighted by Gasteiger charge is -2.42. The van der Waals surface area contributed by atoms with E-state index in [-0.39, 0.29) is 37.5 Å². The van der Waals surface area contributed by atoms with Gasteiger partial charge in [-0.25, -0.2) is 9.78 Å². The first-order chi connectivity index (χ1) is 17.1. The highest BCUT2D eigenvalue weighted by Gasteiger charge is 2.41. The van der Waals surface area contributed by atoms with Crippen LogP contribution in [0.15, 0.2) is 24.5 Å². The molecule has 8 nitrogen and oxygen atoms in total. The number of halogens is 6. The molecule has 0 saturated carbocycles. The summed E-state index contributed by atoms with van der Waals surface area (Å²) in [5.74, 6) is -1.28. The molecule has 1 aliphatic heterocycles. The Morgan fingerprint density at radius 3 is 2.16 bits per heavy atom. The van der Waals surface area contributed by atoms with Gasteiger partial charge in [0.2, 0.25) is 0 Å². The minimum atomic E-state index is -5.11. The maximum absolute atomic E-state index is 13.6. The molecule has 3 rings (SSSR count). The lowest BCUT2D eigenvalue weighted by atomic mass is 9.93. The predicted molar refractivity (Wildman–Crippen MR) is 120 cm³/mol. The molecule has 1 aromatic carbocycles. The van der Waals surface area contributed by atoms with Gasteiger partial charge in [-0.15, -0.1) is 5.10 Å². The molecule has 1 saturated heterocycles. The van der Waals surface area contributed by atoms with E-state index in [0.717, 1.165) is 4.90 Å². The van der Waals surface area contributed by atoms with Gasteiger partial charge >= 0.3 is 18.4 Å². The summed E-state index contributed by atoms with van der Waals surface area (Å²) in [5.41, 5.74) is -4.00. The Morgan fingerprint density at radius 1 is 1.11 bits per heavy atom. The maximum atomic E-state index is 13.6. The average molecular weight is 535 g/mol. The van der Waals surface area contributed by atoms with Crippen molar-refractivity contribution in [2.75, 3.05) is 11.4 Å². The van der Waals surface area contributed by atoms with Crippen LogP contribution < -0.4 is 4.90 Å². The third kappa shape index (κ3) is 6.52. The number of carbonyl (C=O) groups is 2. The van der Waals surface area contributed by atoms with E-state index in [2.05, 4.69) is 10.1 Å². The molecular formula is C23H27F6N5O3. The number of alkyl halides is 6. The largest absolute Gasteiger partial charge is 0.447 e. The molecule has 0 bridgehead atoms. The molecule has 37 heavy (non-hydrogen) atoms. The Bertz CT molecular complexity index is 1100. The number of anilines is 1. The number of nitrogens with zero attached hydrogens (tertiary/aromatic N) is 5. The zero-order valence-corrected chi connectivity index (χ0v) is 20.6. The van der Waals surface area contributed by atoms with Gasteiger partial charge in [0, 0.05) is 31.2 Å². The number of amides is 2. The summed E-state index contributed by atoms with van der Waals surface area (Å²) in [6.07, 6.45) is -9.01. The van der Waals surface area contributed by atoms with Crippen molar-refractivity contribution >= 4 is 17.9 Å². The van der Waals surface area contributed by atoms with Crippen molar-refractivity contribution in [1.29, 1.82) is 0 Å². The first kappa shape index (κ1) is 28.3. The van der Waals surface area contributed by atoms with Gasteiger partial charge in [-0.2, -0.15) is 26.3 Å². The van der Waals surface area contributed by atoms with E-state index in [1.54, 1.807) is 13.8 Å². The number of likely N-dealkylation sites (tertiary alicyclic amines) is 1. The number of carbonyl (C=O) groups excluding carboxylic acids is 2. The summed E-state index contributed by atoms with van der Waals surface area (Å²) in [7, 11) is 1.50.